The van der Waals surface area contributed by atoms with Gasteiger partial charge in [-0.05, 0) is 24.3 Å². The van der Waals surface area contributed by atoms with Crippen molar-refractivity contribution in [2.75, 3.05) is 0 Å². The lowest BCUT2D eigenvalue weighted by Crippen LogP contribution is -2.09. The molecule has 1 aromatic rings. The Kier molecular flexibility index (Phi) is 16.4. The SMILES string of the molecule is NC(=O)c1cccccccccccccnccnccnccncccccc1. The average Bonchev–Trinajstić information content (AvgIpc) is 2.80. The molecule has 0 aliphatic carbocycles. The van der Waals surface area contributed by atoms with Crippen molar-refractivity contribution in [1.29, 1.82) is 0 Å². The van der Waals surface area contributed by atoms with Crippen molar-refractivity contribution in [3.05, 3.63) is 158 Å². The van der Waals surface area contributed by atoms with E-state index in [0.29, 0.717) is 5.56 Å². The first kappa shape index (κ1) is 26.3. The summed E-state index contributed by atoms with van der Waals surface area (Å²) in [5.74, 6) is -0.502. The van der Waals surface area contributed by atoms with Crippen LogP contribution in [-0.2, 0) is 0 Å². The van der Waals surface area contributed by atoms with Gasteiger partial charge < -0.3 is 5.73 Å². The van der Waals surface area contributed by atoms with E-state index in [1.54, 1.807) is 85.8 Å². The Labute approximate surface area is 194 Å². The van der Waals surface area contributed by atoms with Crippen LogP contribution in [0.5, 0.6) is 0 Å². The van der Waals surface area contributed by atoms with Crippen molar-refractivity contribution in [3.63, 3.8) is 0 Å². The summed E-state index contributed by atoms with van der Waals surface area (Å²) < 4.78 is 0. The van der Waals surface area contributed by atoms with E-state index in [9.17, 15) is 4.79 Å². The molecule has 2 N–H and O–H groups in total. The first-order chi connectivity index (χ1) is 16.3. The Hall–Kier alpha value is -4.71. The van der Waals surface area contributed by atoms with Crippen LogP contribution in [0.25, 0.3) is 0 Å². The van der Waals surface area contributed by atoms with Gasteiger partial charge in [0.25, 0.3) is 0 Å². The summed E-state index contributed by atoms with van der Waals surface area (Å²) in [6.07, 6.45) is 12.6. The number of nitrogens with zero attached hydrogens (tertiary/aromatic N) is 4. The normalized spacial score (nSPS) is 8.24. The molecular weight excluding hydrogens is 410 g/mol. The van der Waals surface area contributed by atoms with Gasteiger partial charge in [-0.25, -0.2) is 0 Å². The van der Waals surface area contributed by atoms with Crippen molar-refractivity contribution in [3.8, 4) is 0 Å². The van der Waals surface area contributed by atoms with E-state index < -0.39 is 5.91 Å². The lowest BCUT2D eigenvalue weighted by Gasteiger charge is -1.87. The Bertz CT molecular complexity index is 1010. The lowest BCUT2D eigenvalue weighted by atomic mass is 10.2. The summed E-state index contributed by atoms with van der Waals surface area (Å²) in [4.78, 5) is 27.6. The highest BCUT2D eigenvalue weighted by Gasteiger charge is 1.92. The van der Waals surface area contributed by atoms with Crippen LogP contribution in [-0.4, -0.2) is 25.8 Å². The molecule has 33 heavy (non-hydrogen) atoms. The third-order valence-corrected chi connectivity index (χ3v) is 3.34. The molecule has 0 atom stereocenters. The second kappa shape index (κ2) is 20.6. The molecule has 0 aliphatic heterocycles. The molecule has 6 heteroatoms. The highest BCUT2D eigenvalue weighted by atomic mass is 16.1. The fraction of sp³-hybridized carbons (Fsp3) is 0. The Morgan fingerprint density at radius 3 is 1.03 bits per heavy atom. The number of nitrogens with two attached hydrogens (primary N) is 1. The van der Waals surface area contributed by atoms with Crippen LogP contribution in [0.15, 0.2) is 153 Å². The molecule has 166 valence electrons. The topological polar surface area (TPSA) is 94.7 Å². The summed E-state index contributed by atoms with van der Waals surface area (Å²) in [7, 11) is 0. The van der Waals surface area contributed by atoms with Crippen LogP contribution in [0.2, 0.25) is 0 Å². The average molecular weight is 438 g/mol. The van der Waals surface area contributed by atoms with Gasteiger partial charge in [0.2, 0.25) is 5.91 Å². The van der Waals surface area contributed by atoms with Gasteiger partial charge >= 0.3 is 0 Å². The minimum Gasteiger partial charge on any atom is -0.366 e. The first-order valence-electron chi connectivity index (χ1n) is 10.1. The van der Waals surface area contributed by atoms with Gasteiger partial charge in [0.05, 0.1) is 0 Å². The van der Waals surface area contributed by atoms with Crippen LogP contribution < -0.4 is 5.73 Å². The van der Waals surface area contributed by atoms with E-state index in [4.69, 9.17) is 5.73 Å². The van der Waals surface area contributed by atoms with E-state index in [1.165, 1.54) is 6.20 Å². The minimum absolute atomic E-state index is 0.393. The number of hydrogen-bond acceptors (Lipinski definition) is 5. The molecular formula is C27H27N5O. The molecule has 0 fully saturated rings. The molecule has 0 bridgehead atoms. The quantitative estimate of drug-likeness (QED) is 0.659. The molecule has 6 nitrogen and oxygen atoms in total. The molecule has 0 saturated carbocycles. The van der Waals surface area contributed by atoms with Gasteiger partial charge in [-0.2, -0.15) is 0 Å². The van der Waals surface area contributed by atoms with Gasteiger partial charge in [0, 0.05) is 55.1 Å². The molecule has 1 amide bonds. The maximum Gasteiger partial charge on any atom is 0.248 e. The van der Waals surface area contributed by atoms with Gasteiger partial charge in [-0.3, -0.25) is 24.7 Å². The summed E-state index contributed by atoms with van der Waals surface area (Å²) in [6, 6.07) is 30.8. The van der Waals surface area contributed by atoms with Crippen LogP contribution >= 0.6 is 0 Å². The summed E-state index contributed by atoms with van der Waals surface area (Å²) >= 11 is 0. The van der Waals surface area contributed by atoms with E-state index >= 15 is 0 Å². The standard InChI is InChI=1S/C27H27N5O/c28-27(33)26-16-12-8-6-4-2-1-3-5-7-10-14-18-29-20-22-31-24-25-32-23-21-30-19-15-11-9-13-17-26/h1-25H,(H2,28,33). The molecule has 0 aromatic carbocycles. The van der Waals surface area contributed by atoms with E-state index in [-0.39, 0.29) is 0 Å². The van der Waals surface area contributed by atoms with Gasteiger partial charge in [-0.15, -0.1) is 0 Å². The molecule has 0 aliphatic rings. The van der Waals surface area contributed by atoms with Crippen molar-refractivity contribution in [1.82, 2.24) is 19.9 Å². The molecule has 1 aromatic heterocycles. The number of aromatic nitrogens is 4. The molecule has 0 spiro atoms. The van der Waals surface area contributed by atoms with Crippen LogP contribution in [0.4, 0.5) is 0 Å². The second-order valence-electron chi connectivity index (χ2n) is 5.83. The fourth-order valence-corrected chi connectivity index (χ4v) is 1.87. The van der Waals surface area contributed by atoms with Gasteiger partial charge in [0.1, 0.15) is 0 Å². The van der Waals surface area contributed by atoms with Gasteiger partial charge in [0.15, 0.2) is 0 Å². The predicted octanol–water partition coefficient (Wildman–Crippen LogP) is 5.11. The molecule has 0 radical (unpaired) electrons. The third kappa shape index (κ3) is 17.8. The molecule has 0 saturated heterocycles. The van der Waals surface area contributed by atoms with E-state index in [0.717, 1.165) is 0 Å². The largest absolute Gasteiger partial charge is 0.366 e. The predicted molar refractivity (Wildman–Crippen MR) is 132 cm³/mol. The zero-order valence-corrected chi connectivity index (χ0v) is 18.2. The maximum absolute atomic E-state index is 11.5. The number of hydrogen-bond donors (Lipinski definition) is 1. The van der Waals surface area contributed by atoms with Crippen LogP contribution in [0.1, 0.15) is 10.4 Å². The van der Waals surface area contributed by atoms with Gasteiger partial charge in [-0.1, -0.05) is 78.9 Å². The number of carbonyl (C=O) groups excluding carboxylic acids is 1. The summed E-state index contributed by atoms with van der Waals surface area (Å²) in [5.41, 5.74) is 5.79. The fourth-order valence-electron chi connectivity index (χ4n) is 1.87. The number of amides is 1. The zero-order chi connectivity index (χ0) is 23.7. The summed E-state index contributed by atoms with van der Waals surface area (Å²) in [6.45, 7) is 0. The van der Waals surface area contributed by atoms with Crippen LogP contribution in [0.3, 0.4) is 0 Å². The molecule has 1 heterocycles. The van der Waals surface area contributed by atoms with Crippen molar-refractivity contribution in [2.45, 2.75) is 0 Å². The smallest absolute Gasteiger partial charge is 0.248 e. The zero-order valence-electron chi connectivity index (χ0n) is 18.2. The Balaban J connectivity index is 3.20. The third-order valence-electron chi connectivity index (χ3n) is 3.34. The highest BCUT2D eigenvalue weighted by molar-refractivity contribution is 5.92. The monoisotopic (exact) mass is 437 g/mol. The van der Waals surface area contributed by atoms with E-state index in [1.807, 2.05) is 60.7 Å². The minimum atomic E-state index is -0.502. The maximum atomic E-state index is 11.5. The Morgan fingerprint density at radius 1 is 0.424 bits per heavy atom. The van der Waals surface area contributed by atoms with Crippen molar-refractivity contribution >= 4 is 5.91 Å². The lowest BCUT2D eigenvalue weighted by molar-refractivity contribution is 0.100. The first-order valence-corrected chi connectivity index (χ1v) is 10.1. The Morgan fingerprint density at radius 2 is 0.697 bits per heavy atom. The van der Waals surface area contributed by atoms with Crippen molar-refractivity contribution in [2.24, 2.45) is 5.73 Å². The van der Waals surface area contributed by atoms with Crippen molar-refractivity contribution < 1.29 is 4.79 Å². The van der Waals surface area contributed by atoms with E-state index in [2.05, 4.69) is 19.9 Å². The van der Waals surface area contributed by atoms with Crippen LogP contribution in [0, 0.1) is 0 Å². The number of primary amides is 1. The summed E-state index contributed by atoms with van der Waals surface area (Å²) in [5, 5.41) is 0. The molecule has 0 unspecified atom stereocenters. The highest BCUT2D eigenvalue weighted by Crippen LogP contribution is 1.91. The number of rotatable bonds is 1. The number of carbonyl (C=O) groups is 1. The molecule has 1 rings (SSSR count). The second-order valence-corrected chi connectivity index (χ2v) is 5.83.